The number of aliphatic hydroxyl groups excluding tert-OH is 1. The Kier molecular flexibility index (Phi) is 9.32. The van der Waals surface area contributed by atoms with Crippen molar-refractivity contribution in [3.05, 3.63) is 76.5 Å². The van der Waals surface area contributed by atoms with E-state index in [9.17, 15) is 27.9 Å². The van der Waals surface area contributed by atoms with Gasteiger partial charge < -0.3 is 24.6 Å². The number of likely N-dealkylation sites (tertiary alicyclic amines) is 1. The maximum Gasteiger partial charge on any atom is 0.490 e. The fraction of sp³-hybridized carbons (Fsp3) is 0.333. The molecule has 2 aromatic heterocycles. The lowest BCUT2D eigenvalue weighted by molar-refractivity contribution is -0.192. The first-order chi connectivity index (χ1) is 19.9. The molecule has 0 spiro atoms. The van der Waals surface area contributed by atoms with Crippen molar-refractivity contribution in [2.45, 2.75) is 31.2 Å². The number of aromatic nitrogens is 4. The third-order valence-corrected chi connectivity index (χ3v) is 6.67. The molecule has 1 amide bonds. The third-order valence-electron chi connectivity index (χ3n) is 6.67. The number of aliphatic carboxylic acids is 1. The number of carboxylic acids is 1. The topological polar surface area (TPSA) is 166 Å². The SMILES string of the molecule is CN(C(=O)Cc1ccc2ncc(=O)[nH]c2c1)[C@H](CN1CC[C@H](O)C1)c1cccc(-c2ncon2)c1.O=C(O)C(F)(F)F. The van der Waals surface area contributed by atoms with Gasteiger partial charge in [-0.1, -0.05) is 29.4 Å². The number of halogens is 3. The van der Waals surface area contributed by atoms with Crippen molar-refractivity contribution in [1.29, 1.82) is 0 Å². The van der Waals surface area contributed by atoms with Crippen molar-refractivity contribution in [3.63, 3.8) is 0 Å². The number of hydrogen-bond acceptors (Lipinski definition) is 9. The van der Waals surface area contributed by atoms with E-state index in [4.69, 9.17) is 14.4 Å². The van der Waals surface area contributed by atoms with Crippen molar-refractivity contribution in [2.75, 3.05) is 26.7 Å². The van der Waals surface area contributed by atoms with E-state index in [1.807, 2.05) is 30.3 Å². The van der Waals surface area contributed by atoms with E-state index in [1.54, 1.807) is 24.1 Å². The second-order valence-corrected chi connectivity index (χ2v) is 9.68. The molecule has 2 aromatic carbocycles. The van der Waals surface area contributed by atoms with E-state index < -0.39 is 12.1 Å². The van der Waals surface area contributed by atoms with Gasteiger partial charge in [-0.05, 0) is 35.7 Å². The van der Waals surface area contributed by atoms with Gasteiger partial charge in [-0.3, -0.25) is 14.5 Å². The second-order valence-electron chi connectivity index (χ2n) is 9.68. The Morgan fingerprint density at radius 2 is 1.98 bits per heavy atom. The number of carbonyl (C=O) groups excluding carboxylic acids is 1. The number of carboxylic acid groups (broad SMARTS) is 1. The molecule has 2 atom stereocenters. The smallest absolute Gasteiger partial charge is 0.475 e. The summed E-state index contributed by atoms with van der Waals surface area (Å²) >= 11 is 0. The fourth-order valence-electron chi connectivity index (χ4n) is 4.53. The Labute approximate surface area is 236 Å². The highest BCUT2D eigenvalue weighted by Gasteiger charge is 2.38. The maximum atomic E-state index is 13.4. The van der Waals surface area contributed by atoms with E-state index in [-0.39, 0.29) is 30.0 Å². The van der Waals surface area contributed by atoms with Crippen molar-refractivity contribution in [1.82, 2.24) is 29.9 Å². The lowest BCUT2D eigenvalue weighted by Crippen LogP contribution is -2.39. The molecule has 5 rings (SSSR count). The normalized spacial score (nSPS) is 16.1. The van der Waals surface area contributed by atoms with E-state index in [0.29, 0.717) is 29.9 Å². The predicted molar refractivity (Wildman–Crippen MR) is 142 cm³/mol. The molecule has 1 aliphatic rings. The highest BCUT2D eigenvalue weighted by Crippen LogP contribution is 2.27. The Bertz CT molecular complexity index is 1590. The molecule has 12 nitrogen and oxygen atoms in total. The molecule has 0 saturated carbocycles. The number of hydrogen-bond donors (Lipinski definition) is 3. The van der Waals surface area contributed by atoms with Crippen LogP contribution in [0.3, 0.4) is 0 Å². The van der Waals surface area contributed by atoms with Crippen molar-refractivity contribution < 1.29 is 37.5 Å². The van der Waals surface area contributed by atoms with Crippen LogP contribution in [0.5, 0.6) is 0 Å². The van der Waals surface area contributed by atoms with Gasteiger partial charge in [0.05, 0.1) is 35.8 Å². The Hall–Kier alpha value is -4.63. The standard InChI is InChI=1S/C25H26N6O4.C2HF3O2/c1-30(24(34)10-16-5-6-20-21(9-16)28-23(33)12-26-20)22(14-31-8-7-19(32)13-31)17-3-2-4-18(11-17)25-27-15-35-29-25;3-2(4,5)1(6)7/h2-6,9,11-12,15,19,22,32H,7-8,10,13-14H2,1H3,(H,28,33);(H,6,7)/t19-,22+;/m0./s1. The highest BCUT2D eigenvalue weighted by atomic mass is 19.4. The summed E-state index contributed by atoms with van der Waals surface area (Å²) in [5, 5.41) is 21.1. The van der Waals surface area contributed by atoms with Gasteiger partial charge in [0.25, 0.3) is 5.56 Å². The number of benzene rings is 2. The number of carbonyl (C=O) groups is 2. The number of nitrogens with zero attached hydrogens (tertiary/aromatic N) is 5. The molecule has 1 aliphatic heterocycles. The van der Waals surface area contributed by atoms with Crippen molar-refractivity contribution in [2.24, 2.45) is 0 Å². The van der Waals surface area contributed by atoms with E-state index >= 15 is 0 Å². The van der Waals surface area contributed by atoms with Crippen LogP contribution >= 0.6 is 0 Å². The lowest BCUT2D eigenvalue weighted by atomic mass is 10.0. The summed E-state index contributed by atoms with van der Waals surface area (Å²) in [6.45, 7) is 1.94. The van der Waals surface area contributed by atoms with Gasteiger partial charge in [0.1, 0.15) is 0 Å². The summed E-state index contributed by atoms with van der Waals surface area (Å²) in [5.74, 6) is -2.34. The molecular formula is C27H27F3N6O6. The molecule has 222 valence electrons. The van der Waals surface area contributed by atoms with Gasteiger partial charge in [-0.15, -0.1) is 0 Å². The first-order valence-electron chi connectivity index (χ1n) is 12.7. The largest absolute Gasteiger partial charge is 0.490 e. The molecule has 0 unspecified atom stereocenters. The van der Waals surface area contributed by atoms with Crippen LogP contribution in [-0.4, -0.2) is 91.0 Å². The number of rotatable bonds is 7. The molecular weight excluding hydrogens is 561 g/mol. The van der Waals surface area contributed by atoms with Gasteiger partial charge in [-0.25, -0.2) is 9.78 Å². The molecule has 3 N–H and O–H groups in total. The number of fused-ring (bicyclic) bond motifs is 1. The summed E-state index contributed by atoms with van der Waals surface area (Å²) in [6.07, 6.45) is -2.02. The molecule has 42 heavy (non-hydrogen) atoms. The molecule has 1 fully saturated rings. The van der Waals surface area contributed by atoms with E-state index in [0.717, 1.165) is 29.7 Å². The minimum absolute atomic E-state index is 0.0645. The van der Waals surface area contributed by atoms with E-state index in [1.165, 1.54) is 12.6 Å². The number of alkyl halides is 3. The van der Waals surface area contributed by atoms with E-state index in [2.05, 4.69) is 25.0 Å². The molecule has 15 heteroatoms. The van der Waals surface area contributed by atoms with Crippen molar-refractivity contribution >= 4 is 22.9 Å². The molecule has 4 aromatic rings. The number of likely N-dealkylation sites (N-methyl/N-ethyl adjacent to an activating group) is 1. The van der Waals surface area contributed by atoms with Crippen LogP contribution in [0.1, 0.15) is 23.6 Å². The number of nitrogens with one attached hydrogen (secondary N) is 1. The molecule has 0 aliphatic carbocycles. The van der Waals surface area contributed by atoms with Crippen LogP contribution in [0.15, 0.2) is 64.4 Å². The van der Waals surface area contributed by atoms with Crippen molar-refractivity contribution in [3.8, 4) is 11.4 Å². The van der Waals surface area contributed by atoms with Gasteiger partial charge in [0, 0.05) is 32.2 Å². The zero-order valence-electron chi connectivity index (χ0n) is 22.3. The first-order valence-corrected chi connectivity index (χ1v) is 12.7. The Balaban J connectivity index is 0.000000517. The van der Waals surface area contributed by atoms with Crippen LogP contribution in [0.25, 0.3) is 22.4 Å². The average molecular weight is 589 g/mol. The summed E-state index contributed by atoms with van der Waals surface area (Å²) < 4.78 is 36.6. The van der Waals surface area contributed by atoms with Crippen LogP contribution in [0, 0.1) is 0 Å². The Morgan fingerprint density at radius 1 is 1.21 bits per heavy atom. The molecule has 1 saturated heterocycles. The zero-order chi connectivity index (χ0) is 30.4. The number of amides is 1. The van der Waals surface area contributed by atoms with Gasteiger partial charge in [0.2, 0.25) is 18.1 Å². The van der Waals surface area contributed by atoms with Crippen LogP contribution < -0.4 is 5.56 Å². The predicted octanol–water partition coefficient (Wildman–Crippen LogP) is 2.42. The molecule has 0 radical (unpaired) electrons. The van der Waals surface area contributed by atoms with Crippen LogP contribution in [0.4, 0.5) is 13.2 Å². The number of aliphatic hydroxyl groups is 1. The van der Waals surface area contributed by atoms with Gasteiger partial charge >= 0.3 is 12.1 Å². The summed E-state index contributed by atoms with van der Waals surface area (Å²) in [5.41, 5.74) is 3.51. The minimum atomic E-state index is -5.08. The molecule has 3 heterocycles. The van der Waals surface area contributed by atoms with Crippen LogP contribution in [0.2, 0.25) is 0 Å². The maximum absolute atomic E-state index is 13.4. The second kappa shape index (κ2) is 12.9. The quantitative estimate of drug-likeness (QED) is 0.292. The summed E-state index contributed by atoms with van der Waals surface area (Å²) in [7, 11) is 1.80. The van der Waals surface area contributed by atoms with Gasteiger partial charge in [0.15, 0.2) is 0 Å². The average Bonchev–Trinajstić information content (AvgIpc) is 3.63. The number of aromatic amines is 1. The fourth-order valence-corrected chi connectivity index (χ4v) is 4.53. The number of H-pyrrole nitrogens is 1. The summed E-state index contributed by atoms with van der Waals surface area (Å²) in [4.78, 5) is 48.9. The van der Waals surface area contributed by atoms with Crippen LogP contribution in [-0.2, 0) is 16.0 Å². The zero-order valence-corrected chi connectivity index (χ0v) is 22.3. The summed E-state index contributed by atoms with van der Waals surface area (Å²) in [6, 6.07) is 13.0. The Morgan fingerprint density at radius 3 is 2.62 bits per heavy atom. The first kappa shape index (κ1) is 30.3. The molecule has 0 bridgehead atoms. The highest BCUT2D eigenvalue weighted by molar-refractivity contribution is 5.81. The lowest BCUT2D eigenvalue weighted by Gasteiger charge is -2.32. The minimum Gasteiger partial charge on any atom is -0.475 e. The van der Waals surface area contributed by atoms with Gasteiger partial charge in [-0.2, -0.15) is 18.2 Å². The monoisotopic (exact) mass is 588 g/mol. The third kappa shape index (κ3) is 7.76. The number of β-amino-alcohol motifs (C(OH)–C–C–N with tert-alkyl or cyclic N) is 1.